The van der Waals surface area contributed by atoms with Gasteiger partial charge in [-0.05, 0) is 215 Å². The third-order valence-electron chi connectivity index (χ3n) is 15.9. The van der Waals surface area contributed by atoms with Crippen molar-refractivity contribution in [1.29, 1.82) is 0 Å². The second-order valence-corrected chi connectivity index (χ2v) is 35.4. The number of methoxy groups -OCH3 is 5. The normalized spacial score (nSPS) is 10.3. The van der Waals surface area contributed by atoms with Crippen LogP contribution >= 0.6 is 77.8 Å². The number of esters is 2. The van der Waals surface area contributed by atoms with Gasteiger partial charge in [-0.2, -0.15) is 10.2 Å². The molecule has 14 aromatic rings. The third kappa shape index (κ3) is 37.6. The number of nitrogens with zero attached hydrogens (tertiary/aromatic N) is 8. The first kappa shape index (κ1) is 103. The molecule has 22 nitrogen and oxygen atoms in total. The number of ether oxygens (including phenoxy) is 7. The number of fused-ring (bicyclic) bond motifs is 5. The molecule has 0 aliphatic heterocycles. The molecule has 119 heavy (non-hydrogen) atoms. The fraction of sp³-hybridized carbons (Fsp3) is 0.227. The van der Waals surface area contributed by atoms with Crippen LogP contribution in [0, 0.1) is 10.5 Å². The molecular formula is C88H94AlBr3ClILiN9O13SZn. The zero-order valence-corrected chi connectivity index (χ0v) is 79.1. The van der Waals surface area contributed by atoms with Crippen molar-refractivity contribution in [2.45, 2.75) is 85.0 Å². The number of halogens is 5. The van der Waals surface area contributed by atoms with Gasteiger partial charge in [-0.3, -0.25) is 51.0 Å². The standard InChI is InChI=1S/C22H19N3O2.C16H19NO3.C12H12BrNO.C12H13NO2.C10H8INO.C10H8N2O.C6H11O2.Al.Br2OS.ClH.Li.Zn.4H/c1-27-19-14-18-13-16(7-8-20(18)23-15-19)11-12-25-22(26)10-9-21(24-25)17-5-3-2-4-6-17;1-16(2,3)20-15(18)8-11-5-6-14-12(7-11)9-13(19-4)10-17-14;1-15-11-7-10-6-9(4-5-13)2-3-12(10)14-8-11;1-15-11-7-10-6-9(4-5-14)2-3-12(10)13-8-11;1-13-9-5-7-4-8(11)2-3-10(7)12-6-9;13-10-7-6-9(11-12-10)8-4-2-1-3-5-8;1-5(7)8-6(2,3)4;;1-4(2)3;;;;;;;/h2-10,13-15H,11-12H2,1H3;5-7,9-10H,8H2,1-4H3;2-3,6-8H,4-5H2,1H3;2-3,6-8,14H,4-5H2,1H3;2-6H,1H3;1-7H,(H,12,13);1H2,2-4H3;;;1H;;;;;;/q;;;;;;2*-1;;;+1;+2;;;;/p-1. The van der Waals surface area contributed by atoms with Gasteiger partial charge in [0.2, 0.25) is 0 Å². The monoisotopic (exact) mass is 2010 g/mol. The van der Waals surface area contributed by atoms with Gasteiger partial charge < -0.3 is 38.3 Å². The van der Waals surface area contributed by atoms with E-state index in [1.165, 1.54) is 19.9 Å². The molecule has 14 rings (SSSR count). The number of aromatic nitrogens is 9. The van der Waals surface area contributed by atoms with Gasteiger partial charge in [-0.25, -0.2) is 14.0 Å². The number of aryl methyl sites for hydroxylation is 3. The van der Waals surface area contributed by atoms with Crippen molar-refractivity contribution in [2.24, 2.45) is 0 Å². The largest absolute Gasteiger partial charge is 1.00 e. The fourth-order valence-electron chi connectivity index (χ4n) is 10.7. The molecule has 0 unspecified atom stereocenters. The first-order valence-electron chi connectivity index (χ1n) is 36.1. The summed E-state index contributed by atoms with van der Waals surface area (Å²) in [5, 5.41) is 25.9. The molecule has 0 aliphatic carbocycles. The van der Waals surface area contributed by atoms with Gasteiger partial charge in [0.05, 0.1) is 112 Å². The molecular weight excluding hydrogens is 1920 g/mol. The molecule has 616 valence electrons. The average molecular weight is 2020 g/mol. The summed E-state index contributed by atoms with van der Waals surface area (Å²) in [6, 6.07) is 66.2. The van der Waals surface area contributed by atoms with Gasteiger partial charge in [0.25, 0.3) is 11.1 Å². The van der Waals surface area contributed by atoms with E-state index in [2.05, 4.69) is 144 Å². The van der Waals surface area contributed by atoms with Crippen molar-refractivity contribution < 1.29 is 88.2 Å². The Morgan fingerprint density at radius 2 is 0.857 bits per heavy atom. The predicted octanol–water partition coefficient (Wildman–Crippen LogP) is 14.8. The number of hydrogen-bond donors (Lipinski definition) is 2. The van der Waals surface area contributed by atoms with E-state index in [0.717, 1.165) is 146 Å². The minimum atomic E-state index is -0.986. The summed E-state index contributed by atoms with van der Waals surface area (Å²) in [5.74, 6) is 3.09. The number of H-pyrrole nitrogens is 1. The topological polar surface area (TPSA) is 281 Å². The zero-order valence-electron chi connectivity index (χ0n) is 67.6. The van der Waals surface area contributed by atoms with Crippen molar-refractivity contribution in [3.63, 3.8) is 0 Å². The van der Waals surface area contributed by atoms with Crippen LogP contribution < -0.4 is 53.7 Å². The third-order valence-corrected chi connectivity index (χ3v) is 17.0. The summed E-state index contributed by atoms with van der Waals surface area (Å²) in [4.78, 5) is 66.4. The van der Waals surface area contributed by atoms with Crippen LogP contribution in [0.2, 0.25) is 0 Å². The molecule has 7 aromatic carbocycles. The number of carbonyl (C=O) groups excluding carboxylic acids is 2. The van der Waals surface area contributed by atoms with Crippen molar-refractivity contribution >= 4 is 169 Å². The second kappa shape index (κ2) is 54.0. The Morgan fingerprint density at radius 3 is 1.21 bits per heavy atom. The number of rotatable bonds is 16. The Hall–Kier alpha value is -8.52. The number of carbonyl (C=O) groups is 2. The van der Waals surface area contributed by atoms with Crippen molar-refractivity contribution in [2.75, 3.05) is 47.5 Å². The molecule has 0 saturated heterocycles. The maximum atomic E-state index is 12.2. The number of alkyl halides is 1. The number of aliphatic hydroxyl groups is 1. The van der Waals surface area contributed by atoms with Crippen LogP contribution in [-0.4, -0.2) is 142 Å². The molecule has 0 saturated carbocycles. The van der Waals surface area contributed by atoms with E-state index >= 15 is 0 Å². The molecule has 0 spiro atoms. The van der Waals surface area contributed by atoms with E-state index in [-0.39, 0.29) is 66.3 Å². The molecule has 7 heterocycles. The van der Waals surface area contributed by atoms with Crippen LogP contribution in [-0.2, 0) is 76.3 Å². The summed E-state index contributed by atoms with van der Waals surface area (Å²) in [6.07, 6.45) is 11.2. The van der Waals surface area contributed by atoms with Crippen LogP contribution in [0.5, 0.6) is 28.7 Å². The first-order valence-corrected chi connectivity index (χ1v) is 47.0. The van der Waals surface area contributed by atoms with Crippen LogP contribution in [0.15, 0.2) is 247 Å². The number of hydrogen-bond acceptors (Lipinski definition) is 20. The molecule has 0 radical (unpaired) electrons. The van der Waals surface area contributed by atoms with Gasteiger partial charge in [-0.1, -0.05) is 101 Å². The van der Waals surface area contributed by atoms with Crippen LogP contribution in [0.1, 0.15) is 63.8 Å². The summed E-state index contributed by atoms with van der Waals surface area (Å²) in [7, 11) is 11.9. The molecule has 2 N–H and O–H groups in total. The van der Waals surface area contributed by atoms with E-state index < -0.39 is 24.8 Å². The van der Waals surface area contributed by atoms with Crippen LogP contribution in [0.25, 0.3) is 77.0 Å². The van der Waals surface area contributed by atoms with Crippen molar-refractivity contribution in [3.8, 4) is 51.3 Å². The van der Waals surface area contributed by atoms with Crippen LogP contribution in [0.4, 0.5) is 0 Å². The van der Waals surface area contributed by atoms with Gasteiger partial charge in [0.15, 0.2) is 13.6 Å². The maximum absolute atomic E-state index is 12.2. The smallest absolute Gasteiger partial charge is 1.00 e. The second-order valence-electron chi connectivity index (χ2n) is 26.8. The van der Waals surface area contributed by atoms with Crippen LogP contribution in [0.3, 0.4) is 0 Å². The Labute approximate surface area is 769 Å². The maximum Gasteiger partial charge on any atom is 1.00 e. The summed E-state index contributed by atoms with van der Waals surface area (Å²) >= 11 is 11.9. The summed E-state index contributed by atoms with van der Waals surface area (Å²) in [6.45, 7) is 14.7. The molecule has 0 atom stereocenters. The summed E-state index contributed by atoms with van der Waals surface area (Å²) in [5.41, 5.74) is 11.6. The molecule has 0 amide bonds. The first-order chi connectivity index (χ1) is 56.1. The molecule has 0 aliphatic rings. The number of pyridine rings is 5. The zero-order chi connectivity index (χ0) is 85.5. The average Bonchev–Trinajstić information content (AvgIpc) is 0.839. The van der Waals surface area contributed by atoms with E-state index in [1.54, 1.807) is 106 Å². The number of aliphatic hydroxyl groups excluding tert-OH is 1. The minimum Gasteiger partial charge on any atom is 1.00 e. The van der Waals surface area contributed by atoms with E-state index in [4.69, 9.17) is 43.2 Å². The SMILES string of the molecule is COc1cnc2ccc(CC(=O)OC(C)(C)C)cc2c1.COc1cnc2ccc(CCBr)cc2c1.COc1cnc2ccc(CCO)cc2c1.COc1cnc2ccc(CCn3nc(-c4ccccc4)ccc3=O)cc2c1.COc1cnc2ccc(I)cc2c1.O=S(Br)Br.O=c1ccc(-c2ccccc2)n[nH]1.[AlH4-].[CH2-]C(=O)OC(C)(C)C.[Cl][Zn+].[Li+]. The van der Waals surface area contributed by atoms with E-state index in [1.807, 2.05) is 178 Å². The quantitative estimate of drug-likeness (QED) is 0.0227. The van der Waals surface area contributed by atoms with Gasteiger partial charge in [0, 0.05) is 119 Å². The van der Waals surface area contributed by atoms with E-state index in [9.17, 15) is 23.4 Å². The molecule has 7 aromatic heterocycles. The van der Waals surface area contributed by atoms with Gasteiger partial charge in [0.1, 0.15) is 39.9 Å². The Morgan fingerprint density at radius 1 is 0.504 bits per heavy atom. The number of aromatic amines is 1. The Kier molecular flexibility index (Phi) is 46.7. The number of benzene rings is 7. The molecule has 0 fully saturated rings. The molecule has 31 heteroatoms. The van der Waals surface area contributed by atoms with Crippen molar-refractivity contribution in [1.82, 2.24) is 44.9 Å². The van der Waals surface area contributed by atoms with Crippen molar-refractivity contribution in [3.05, 3.63) is 291 Å². The van der Waals surface area contributed by atoms with Gasteiger partial charge >= 0.3 is 51.8 Å². The van der Waals surface area contributed by atoms with E-state index in [0.29, 0.717) is 25.1 Å². The van der Waals surface area contributed by atoms with Gasteiger partial charge in [-0.15, -0.1) is 0 Å². The Bertz CT molecular complexity index is 5550. The fourth-order valence-corrected chi connectivity index (χ4v) is 11.7. The Balaban J connectivity index is 0.000000295. The minimum absolute atomic E-state index is 0. The predicted molar refractivity (Wildman–Crippen MR) is 494 cm³/mol. The summed E-state index contributed by atoms with van der Waals surface area (Å²) < 4.78 is 47.9. The molecule has 0 bridgehead atoms. The number of nitrogens with one attached hydrogen (secondary N) is 1.